The van der Waals surface area contributed by atoms with E-state index in [1.165, 1.54) is 12.1 Å². The van der Waals surface area contributed by atoms with Gasteiger partial charge in [-0.3, -0.25) is 4.79 Å². The monoisotopic (exact) mass is 288 g/mol. The molecule has 1 aliphatic rings. The van der Waals surface area contributed by atoms with Crippen molar-refractivity contribution in [2.45, 2.75) is 19.5 Å². The van der Waals surface area contributed by atoms with Crippen molar-refractivity contribution in [3.05, 3.63) is 29.8 Å². The van der Waals surface area contributed by atoms with Crippen molar-refractivity contribution in [1.82, 2.24) is 0 Å². The highest BCUT2D eigenvalue weighted by atomic mass is 19.4. The van der Waals surface area contributed by atoms with E-state index >= 15 is 0 Å². The van der Waals surface area contributed by atoms with Crippen LogP contribution in [0.1, 0.15) is 18.9 Å². The summed E-state index contributed by atoms with van der Waals surface area (Å²) in [5, 5.41) is 0. The highest BCUT2D eigenvalue weighted by molar-refractivity contribution is 5.75. The molecule has 6 heteroatoms. The molecule has 1 saturated carbocycles. The highest BCUT2D eigenvalue weighted by Crippen LogP contribution is 2.40. The number of halogens is 3. The number of hydrogen-bond acceptors (Lipinski definition) is 3. The van der Waals surface area contributed by atoms with Crippen LogP contribution >= 0.6 is 0 Å². The van der Waals surface area contributed by atoms with Crippen LogP contribution < -0.4 is 4.74 Å². The van der Waals surface area contributed by atoms with Crippen molar-refractivity contribution < 1.29 is 27.4 Å². The Hall–Kier alpha value is -1.72. The standard InChI is InChI=1S/C14H15F3O3/c1-2-19-13(18)12-6-9(12)8-20-11-5-3-4-10(7-11)14(15,16)17/h3-5,7,9,12H,2,6,8H2,1H3/t9-,12+/m0/s1. The van der Waals surface area contributed by atoms with Gasteiger partial charge in [-0.15, -0.1) is 0 Å². The van der Waals surface area contributed by atoms with Gasteiger partial charge in [-0.05, 0) is 31.5 Å². The molecule has 20 heavy (non-hydrogen) atoms. The molecule has 0 unspecified atom stereocenters. The molecule has 0 aliphatic heterocycles. The van der Waals surface area contributed by atoms with E-state index in [0.29, 0.717) is 13.0 Å². The van der Waals surface area contributed by atoms with Gasteiger partial charge < -0.3 is 9.47 Å². The van der Waals surface area contributed by atoms with Gasteiger partial charge in [-0.2, -0.15) is 13.2 Å². The van der Waals surface area contributed by atoms with E-state index in [-0.39, 0.29) is 30.2 Å². The summed E-state index contributed by atoms with van der Waals surface area (Å²) in [5.41, 5.74) is -0.743. The predicted octanol–water partition coefficient (Wildman–Crippen LogP) is 3.28. The molecule has 0 bridgehead atoms. The van der Waals surface area contributed by atoms with Gasteiger partial charge in [0.25, 0.3) is 0 Å². The van der Waals surface area contributed by atoms with Crippen molar-refractivity contribution in [3.8, 4) is 5.75 Å². The number of carbonyl (C=O) groups excluding carboxylic acids is 1. The van der Waals surface area contributed by atoms with E-state index in [1.807, 2.05) is 0 Å². The molecular formula is C14H15F3O3. The van der Waals surface area contributed by atoms with Crippen LogP contribution in [0, 0.1) is 11.8 Å². The first-order valence-electron chi connectivity index (χ1n) is 6.38. The van der Waals surface area contributed by atoms with E-state index in [9.17, 15) is 18.0 Å². The Morgan fingerprint density at radius 3 is 2.80 bits per heavy atom. The molecule has 0 heterocycles. The molecule has 1 aliphatic carbocycles. The Morgan fingerprint density at radius 1 is 1.40 bits per heavy atom. The first-order valence-corrected chi connectivity index (χ1v) is 6.38. The molecule has 0 amide bonds. The minimum Gasteiger partial charge on any atom is -0.493 e. The number of ether oxygens (including phenoxy) is 2. The molecule has 3 nitrogen and oxygen atoms in total. The van der Waals surface area contributed by atoms with E-state index in [2.05, 4.69) is 0 Å². The Labute approximate surface area is 114 Å². The molecule has 2 atom stereocenters. The maximum atomic E-state index is 12.5. The van der Waals surface area contributed by atoms with E-state index in [1.54, 1.807) is 6.92 Å². The van der Waals surface area contributed by atoms with Gasteiger partial charge in [0.05, 0.1) is 24.7 Å². The van der Waals surface area contributed by atoms with Crippen LogP contribution in [-0.4, -0.2) is 19.2 Å². The van der Waals surface area contributed by atoms with Crippen LogP contribution in [0.15, 0.2) is 24.3 Å². The van der Waals surface area contributed by atoms with Gasteiger partial charge >= 0.3 is 12.1 Å². The van der Waals surface area contributed by atoms with Gasteiger partial charge in [0.15, 0.2) is 0 Å². The Balaban J connectivity index is 1.85. The first-order chi connectivity index (χ1) is 9.41. The van der Waals surface area contributed by atoms with E-state index in [0.717, 1.165) is 12.1 Å². The van der Waals surface area contributed by atoms with Crippen molar-refractivity contribution in [2.24, 2.45) is 11.8 Å². The number of hydrogen-bond donors (Lipinski definition) is 0. The summed E-state index contributed by atoms with van der Waals surface area (Å²) in [6.07, 6.45) is -3.72. The molecule has 1 aromatic rings. The molecule has 0 saturated heterocycles. The second-order valence-electron chi connectivity index (χ2n) is 4.69. The van der Waals surface area contributed by atoms with Crippen LogP contribution in [0.3, 0.4) is 0 Å². The van der Waals surface area contributed by atoms with Gasteiger partial charge in [-0.1, -0.05) is 6.07 Å². The van der Waals surface area contributed by atoms with Gasteiger partial charge in [0, 0.05) is 5.92 Å². The largest absolute Gasteiger partial charge is 0.493 e. The fourth-order valence-electron chi connectivity index (χ4n) is 1.94. The number of alkyl halides is 3. The Morgan fingerprint density at radius 2 is 2.15 bits per heavy atom. The molecule has 0 radical (unpaired) electrons. The van der Waals surface area contributed by atoms with Crippen LogP contribution in [0.25, 0.3) is 0 Å². The lowest BCUT2D eigenvalue weighted by atomic mass is 10.2. The number of carbonyl (C=O) groups is 1. The zero-order valence-corrected chi connectivity index (χ0v) is 10.9. The molecule has 0 spiro atoms. The number of benzene rings is 1. The molecule has 1 fully saturated rings. The maximum Gasteiger partial charge on any atom is 0.416 e. The Kier molecular flexibility index (Phi) is 4.20. The summed E-state index contributed by atoms with van der Waals surface area (Å²) in [6, 6.07) is 4.72. The average Bonchev–Trinajstić information content (AvgIpc) is 3.16. The summed E-state index contributed by atoms with van der Waals surface area (Å²) in [4.78, 5) is 11.4. The summed E-state index contributed by atoms with van der Waals surface area (Å²) >= 11 is 0. The van der Waals surface area contributed by atoms with Crippen LogP contribution in [0.2, 0.25) is 0 Å². The van der Waals surface area contributed by atoms with Crippen molar-refractivity contribution in [3.63, 3.8) is 0 Å². The van der Waals surface area contributed by atoms with Crippen LogP contribution in [0.4, 0.5) is 13.2 Å². The lowest BCUT2D eigenvalue weighted by Crippen LogP contribution is -2.11. The topological polar surface area (TPSA) is 35.5 Å². The lowest BCUT2D eigenvalue weighted by molar-refractivity contribution is -0.145. The molecule has 110 valence electrons. The molecule has 0 aromatic heterocycles. The maximum absolute atomic E-state index is 12.5. The third kappa shape index (κ3) is 3.65. The first kappa shape index (κ1) is 14.7. The van der Waals surface area contributed by atoms with Crippen molar-refractivity contribution in [2.75, 3.05) is 13.2 Å². The number of rotatable bonds is 5. The summed E-state index contributed by atoms with van der Waals surface area (Å²) in [5.74, 6) is -0.246. The van der Waals surface area contributed by atoms with Crippen LogP contribution in [0.5, 0.6) is 5.75 Å². The predicted molar refractivity (Wildman–Crippen MR) is 65.2 cm³/mol. The molecule has 0 N–H and O–H groups in total. The summed E-state index contributed by atoms with van der Waals surface area (Å²) < 4.78 is 47.7. The quantitative estimate of drug-likeness (QED) is 0.780. The van der Waals surface area contributed by atoms with Gasteiger partial charge in [0.1, 0.15) is 5.75 Å². The minimum absolute atomic E-state index is 0.0311. The zero-order chi connectivity index (χ0) is 14.8. The minimum atomic E-state index is -4.38. The van der Waals surface area contributed by atoms with Crippen molar-refractivity contribution >= 4 is 5.97 Å². The second-order valence-corrected chi connectivity index (χ2v) is 4.69. The highest BCUT2D eigenvalue weighted by Gasteiger charge is 2.44. The van der Waals surface area contributed by atoms with Gasteiger partial charge in [0.2, 0.25) is 0 Å². The third-order valence-electron chi connectivity index (χ3n) is 3.14. The number of esters is 1. The van der Waals surface area contributed by atoms with E-state index in [4.69, 9.17) is 9.47 Å². The second kappa shape index (κ2) is 5.73. The fraction of sp³-hybridized carbons (Fsp3) is 0.500. The lowest BCUT2D eigenvalue weighted by Gasteiger charge is -2.10. The molecule has 2 rings (SSSR count). The van der Waals surface area contributed by atoms with Gasteiger partial charge in [-0.25, -0.2) is 0 Å². The Bertz CT molecular complexity index is 485. The normalized spacial score (nSPS) is 21.4. The summed E-state index contributed by atoms with van der Waals surface area (Å²) in [7, 11) is 0. The zero-order valence-electron chi connectivity index (χ0n) is 10.9. The summed E-state index contributed by atoms with van der Waals surface area (Å²) in [6.45, 7) is 2.29. The molecular weight excluding hydrogens is 273 g/mol. The third-order valence-corrected chi connectivity index (χ3v) is 3.14. The smallest absolute Gasteiger partial charge is 0.416 e. The van der Waals surface area contributed by atoms with E-state index < -0.39 is 11.7 Å². The average molecular weight is 288 g/mol. The fourth-order valence-corrected chi connectivity index (χ4v) is 1.94. The SMILES string of the molecule is CCOC(=O)[C@@H]1C[C@H]1COc1cccc(C(F)(F)F)c1. The van der Waals surface area contributed by atoms with Crippen LogP contribution in [-0.2, 0) is 15.7 Å². The van der Waals surface area contributed by atoms with Crippen molar-refractivity contribution in [1.29, 1.82) is 0 Å². The molecule has 1 aromatic carbocycles.